The molecule has 0 N–H and O–H groups in total. The minimum absolute atomic E-state index is 0.477. The summed E-state index contributed by atoms with van der Waals surface area (Å²) < 4.78 is 5.02. The van der Waals surface area contributed by atoms with Gasteiger partial charge in [-0.2, -0.15) is 0 Å². The highest BCUT2D eigenvalue weighted by atomic mass is 16.5. The van der Waals surface area contributed by atoms with E-state index in [2.05, 4.69) is 20.8 Å². The van der Waals surface area contributed by atoms with Crippen LogP contribution in [-0.4, -0.2) is 13.7 Å². The van der Waals surface area contributed by atoms with E-state index in [-0.39, 0.29) is 0 Å². The minimum Gasteiger partial charge on any atom is -0.385 e. The lowest BCUT2D eigenvalue weighted by atomic mass is 9.85. The van der Waals surface area contributed by atoms with Gasteiger partial charge in [0.25, 0.3) is 0 Å². The molecule has 0 aromatic heterocycles. The topological polar surface area (TPSA) is 9.23 Å². The Hall–Kier alpha value is -0.0400. The van der Waals surface area contributed by atoms with Crippen molar-refractivity contribution in [3.05, 3.63) is 0 Å². The molecule has 0 aliphatic rings. The summed E-state index contributed by atoms with van der Waals surface area (Å²) in [6.45, 7) is 7.73. The van der Waals surface area contributed by atoms with Gasteiger partial charge in [-0.15, -0.1) is 0 Å². The molecule has 0 aromatic carbocycles. The van der Waals surface area contributed by atoms with Crippen molar-refractivity contribution in [2.45, 2.75) is 40.0 Å². The van der Waals surface area contributed by atoms with E-state index in [1.807, 2.05) is 0 Å². The largest absolute Gasteiger partial charge is 0.385 e. The molecule has 1 heteroatoms. The molecule has 0 atom stereocenters. The van der Waals surface area contributed by atoms with Crippen LogP contribution >= 0.6 is 0 Å². The van der Waals surface area contributed by atoms with Crippen LogP contribution in [0.2, 0.25) is 0 Å². The van der Waals surface area contributed by atoms with Crippen LogP contribution in [-0.2, 0) is 4.74 Å². The lowest BCUT2D eigenvalue weighted by Gasteiger charge is -2.22. The fraction of sp³-hybridized carbons (Fsp3) is 1.00. The lowest BCUT2D eigenvalue weighted by molar-refractivity contribution is 0.147. The van der Waals surface area contributed by atoms with Gasteiger partial charge in [0, 0.05) is 13.7 Å². The van der Waals surface area contributed by atoms with Crippen molar-refractivity contribution in [1.29, 1.82) is 0 Å². The summed E-state index contributed by atoms with van der Waals surface area (Å²) in [6.07, 6.45) is 3.75. The van der Waals surface area contributed by atoms with E-state index in [4.69, 9.17) is 4.74 Å². The average molecular weight is 144 g/mol. The quantitative estimate of drug-likeness (QED) is 0.576. The molecule has 62 valence electrons. The number of methoxy groups -OCH3 is 1. The Labute approximate surface area is 64.8 Å². The van der Waals surface area contributed by atoms with Gasteiger partial charge in [0.15, 0.2) is 0 Å². The molecule has 10 heavy (non-hydrogen) atoms. The Morgan fingerprint density at radius 2 is 1.80 bits per heavy atom. The van der Waals surface area contributed by atoms with Crippen LogP contribution in [0.1, 0.15) is 40.0 Å². The maximum atomic E-state index is 5.02. The molecule has 0 amide bonds. The molecule has 0 spiro atoms. The highest BCUT2D eigenvalue weighted by Gasteiger charge is 2.15. The fourth-order valence-electron chi connectivity index (χ4n) is 1.18. The van der Waals surface area contributed by atoms with Crippen LogP contribution in [0.25, 0.3) is 0 Å². The molecular weight excluding hydrogens is 124 g/mol. The standard InChI is InChI=1S/C9H20O/c1-5-6-9(2,3)7-8-10-4/h5-8H2,1-4H3. The second kappa shape index (κ2) is 4.73. The molecule has 0 radical (unpaired) electrons. The summed E-state index contributed by atoms with van der Waals surface area (Å²) in [4.78, 5) is 0. The van der Waals surface area contributed by atoms with Gasteiger partial charge in [-0.25, -0.2) is 0 Å². The molecule has 0 aliphatic carbocycles. The molecule has 0 heterocycles. The lowest BCUT2D eigenvalue weighted by Crippen LogP contribution is -2.13. The Bertz CT molecular complexity index is 76.8. The number of rotatable bonds is 5. The molecule has 0 bridgehead atoms. The number of hydrogen-bond acceptors (Lipinski definition) is 1. The van der Waals surface area contributed by atoms with Crippen molar-refractivity contribution in [3.63, 3.8) is 0 Å². The zero-order valence-electron chi connectivity index (χ0n) is 7.74. The molecular formula is C9H20O. The SMILES string of the molecule is CCCC(C)(C)CCOC. The summed E-state index contributed by atoms with van der Waals surface area (Å²) in [5.41, 5.74) is 0.477. The van der Waals surface area contributed by atoms with Crippen molar-refractivity contribution in [2.75, 3.05) is 13.7 Å². The Kier molecular flexibility index (Phi) is 4.71. The van der Waals surface area contributed by atoms with E-state index in [1.54, 1.807) is 7.11 Å². The summed E-state index contributed by atoms with van der Waals surface area (Å²) in [7, 11) is 1.77. The van der Waals surface area contributed by atoms with Crippen molar-refractivity contribution in [2.24, 2.45) is 5.41 Å². The molecule has 0 unspecified atom stereocenters. The monoisotopic (exact) mass is 144 g/mol. The summed E-state index contributed by atoms with van der Waals surface area (Å²) in [6, 6.07) is 0. The normalized spacial score (nSPS) is 12.0. The summed E-state index contributed by atoms with van der Waals surface area (Å²) in [5.74, 6) is 0. The zero-order chi connectivity index (χ0) is 8.04. The van der Waals surface area contributed by atoms with E-state index in [0.717, 1.165) is 6.61 Å². The molecule has 0 aromatic rings. The van der Waals surface area contributed by atoms with Crippen LogP contribution < -0.4 is 0 Å². The number of hydrogen-bond donors (Lipinski definition) is 0. The first-order valence-electron chi connectivity index (χ1n) is 4.11. The van der Waals surface area contributed by atoms with Crippen LogP contribution in [0.5, 0.6) is 0 Å². The highest BCUT2D eigenvalue weighted by Crippen LogP contribution is 2.25. The second-order valence-electron chi connectivity index (χ2n) is 3.66. The molecule has 0 saturated carbocycles. The van der Waals surface area contributed by atoms with Gasteiger partial charge < -0.3 is 4.74 Å². The first-order chi connectivity index (χ1) is 4.62. The van der Waals surface area contributed by atoms with Gasteiger partial charge in [0.05, 0.1) is 0 Å². The third-order valence-corrected chi connectivity index (χ3v) is 1.91. The fourth-order valence-corrected chi connectivity index (χ4v) is 1.18. The minimum atomic E-state index is 0.477. The average Bonchev–Trinajstić information content (AvgIpc) is 1.84. The van der Waals surface area contributed by atoms with E-state index in [9.17, 15) is 0 Å². The van der Waals surface area contributed by atoms with Crippen molar-refractivity contribution >= 4 is 0 Å². The third kappa shape index (κ3) is 4.80. The van der Waals surface area contributed by atoms with Crippen LogP contribution in [0.3, 0.4) is 0 Å². The first kappa shape index (κ1) is 9.96. The van der Waals surface area contributed by atoms with E-state index < -0.39 is 0 Å². The van der Waals surface area contributed by atoms with Crippen LogP contribution in [0, 0.1) is 5.41 Å². The Morgan fingerprint density at radius 1 is 1.20 bits per heavy atom. The van der Waals surface area contributed by atoms with Crippen molar-refractivity contribution < 1.29 is 4.74 Å². The summed E-state index contributed by atoms with van der Waals surface area (Å²) >= 11 is 0. The highest BCUT2D eigenvalue weighted by molar-refractivity contribution is 4.66. The molecule has 0 aliphatic heterocycles. The molecule has 0 rings (SSSR count). The molecule has 0 saturated heterocycles. The zero-order valence-corrected chi connectivity index (χ0v) is 7.74. The van der Waals surface area contributed by atoms with E-state index >= 15 is 0 Å². The van der Waals surface area contributed by atoms with Crippen LogP contribution in [0.15, 0.2) is 0 Å². The predicted octanol–water partition coefficient (Wildman–Crippen LogP) is 2.85. The Balaban J connectivity index is 3.42. The van der Waals surface area contributed by atoms with Crippen LogP contribution in [0.4, 0.5) is 0 Å². The predicted molar refractivity (Wildman–Crippen MR) is 45.2 cm³/mol. The Morgan fingerprint density at radius 3 is 2.20 bits per heavy atom. The number of ether oxygens (including phenoxy) is 1. The van der Waals surface area contributed by atoms with Gasteiger partial charge in [-0.05, 0) is 18.3 Å². The maximum absolute atomic E-state index is 5.02. The van der Waals surface area contributed by atoms with Gasteiger partial charge in [0.2, 0.25) is 0 Å². The summed E-state index contributed by atoms with van der Waals surface area (Å²) in [5, 5.41) is 0. The van der Waals surface area contributed by atoms with Gasteiger partial charge in [0.1, 0.15) is 0 Å². The van der Waals surface area contributed by atoms with Gasteiger partial charge in [-0.3, -0.25) is 0 Å². The van der Waals surface area contributed by atoms with E-state index in [1.165, 1.54) is 19.3 Å². The van der Waals surface area contributed by atoms with Gasteiger partial charge in [-0.1, -0.05) is 27.2 Å². The first-order valence-corrected chi connectivity index (χ1v) is 4.11. The maximum Gasteiger partial charge on any atom is 0.0467 e. The van der Waals surface area contributed by atoms with Crippen molar-refractivity contribution in [1.82, 2.24) is 0 Å². The van der Waals surface area contributed by atoms with E-state index in [0.29, 0.717) is 5.41 Å². The third-order valence-electron chi connectivity index (χ3n) is 1.91. The van der Waals surface area contributed by atoms with Crippen molar-refractivity contribution in [3.8, 4) is 0 Å². The second-order valence-corrected chi connectivity index (χ2v) is 3.66. The smallest absolute Gasteiger partial charge is 0.0467 e. The molecule has 0 fully saturated rings. The van der Waals surface area contributed by atoms with Gasteiger partial charge >= 0.3 is 0 Å². The molecule has 1 nitrogen and oxygen atoms in total.